The van der Waals surface area contributed by atoms with Crippen LogP contribution >= 0.6 is 15.9 Å². The van der Waals surface area contributed by atoms with Gasteiger partial charge in [0.15, 0.2) is 6.10 Å². The first-order chi connectivity index (χ1) is 8.09. The average Bonchev–Trinajstić information content (AvgIpc) is 2.81. The number of carbonyl (C=O) groups is 1. The fourth-order valence-corrected chi connectivity index (χ4v) is 2.70. The third-order valence-corrected chi connectivity index (χ3v) is 3.60. The zero-order valence-electron chi connectivity index (χ0n) is 9.27. The number of aliphatic hydroxyl groups excluding tert-OH is 1. The summed E-state index contributed by atoms with van der Waals surface area (Å²) in [7, 11) is 0. The molecule has 1 saturated heterocycles. The van der Waals surface area contributed by atoms with Gasteiger partial charge < -0.3 is 15.1 Å². The van der Waals surface area contributed by atoms with Gasteiger partial charge in [-0.3, -0.25) is 0 Å². The van der Waals surface area contributed by atoms with E-state index in [1.54, 1.807) is 12.1 Å². The molecule has 1 aromatic rings. The van der Waals surface area contributed by atoms with Crippen LogP contribution in [0.4, 0.5) is 5.69 Å². The molecule has 1 aliphatic heterocycles. The Bertz CT molecular complexity index is 430. The lowest BCUT2D eigenvalue weighted by Gasteiger charge is -2.20. The highest BCUT2D eigenvalue weighted by Gasteiger charge is 2.19. The van der Waals surface area contributed by atoms with E-state index in [1.807, 2.05) is 6.07 Å². The van der Waals surface area contributed by atoms with Gasteiger partial charge >= 0.3 is 5.97 Å². The molecule has 17 heavy (non-hydrogen) atoms. The first-order valence-electron chi connectivity index (χ1n) is 5.55. The zero-order chi connectivity index (χ0) is 12.4. The summed E-state index contributed by atoms with van der Waals surface area (Å²) >= 11 is 3.43. The summed E-state index contributed by atoms with van der Waals surface area (Å²) in [5, 5.41) is 18.2. The molecule has 0 aliphatic carbocycles. The van der Waals surface area contributed by atoms with E-state index < -0.39 is 12.1 Å². The molecule has 0 radical (unpaired) electrons. The van der Waals surface area contributed by atoms with Crippen LogP contribution in [0, 0.1) is 0 Å². The molecule has 2 N–H and O–H groups in total. The van der Waals surface area contributed by atoms with Crippen molar-refractivity contribution in [1.29, 1.82) is 0 Å². The fraction of sp³-hybridized carbons (Fsp3) is 0.417. The number of anilines is 1. The summed E-state index contributed by atoms with van der Waals surface area (Å²) < 4.78 is 0.831. The number of nitrogens with zero attached hydrogens (tertiary/aromatic N) is 1. The van der Waals surface area contributed by atoms with Gasteiger partial charge in [-0.25, -0.2) is 4.79 Å². The van der Waals surface area contributed by atoms with Crippen LogP contribution in [0.3, 0.4) is 0 Å². The van der Waals surface area contributed by atoms with Crippen molar-refractivity contribution in [3.8, 4) is 0 Å². The summed E-state index contributed by atoms with van der Waals surface area (Å²) in [5.74, 6) is -1.23. The Hall–Kier alpha value is -1.07. The number of carboxylic acid groups (broad SMARTS) is 1. The SMILES string of the molecule is O=C(O)C(O)c1ccc(N2CCCC2)c(Br)c1. The lowest BCUT2D eigenvalue weighted by Crippen LogP contribution is -2.18. The highest BCUT2D eigenvalue weighted by atomic mass is 79.9. The van der Waals surface area contributed by atoms with Gasteiger partial charge in [0.05, 0.1) is 5.69 Å². The van der Waals surface area contributed by atoms with Crippen molar-refractivity contribution >= 4 is 27.6 Å². The molecule has 1 atom stereocenters. The Kier molecular flexibility index (Phi) is 3.69. The largest absolute Gasteiger partial charge is 0.479 e. The Balaban J connectivity index is 2.25. The van der Waals surface area contributed by atoms with Gasteiger partial charge in [0, 0.05) is 17.6 Å². The highest BCUT2D eigenvalue weighted by Crippen LogP contribution is 2.31. The highest BCUT2D eigenvalue weighted by molar-refractivity contribution is 9.10. The second-order valence-electron chi connectivity index (χ2n) is 4.15. The monoisotopic (exact) mass is 299 g/mol. The van der Waals surface area contributed by atoms with E-state index in [1.165, 1.54) is 12.8 Å². The normalized spacial score (nSPS) is 17.2. The topological polar surface area (TPSA) is 60.8 Å². The van der Waals surface area contributed by atoms with Gasteiger partial charge in [-0.05, 0) is 46.5 Å². The van der Waals surface area contributed by atoms with Gasteiger partial charge in [0.2, 0.25) is 0 Å². The maximum atomic E-state index is 10.7. The Morgan fingerprint density at radius 1 is 1.35 bits per heavy atom. The molecule has 5 heteroatoms. The molecular formula is C12H14BrNO3. The van der Waals surface area contributed by atoms with Crippen LogP contribution < -0.4 is 4.90 Å². The van der Waals surface area contributed by atoms with Crippen molar-refractivity contribution in [2.45, 2.75) is 18.9 Å². The molecule has 1 aliphatic rings. The minimum atomic E-state index is -1.46. The minimum Gasteiger partial charge on any atom is -0.479 e. The standard InChI is InChI=1S/C12H14BrNO3/c13-9-7-8(11(15)12(16)17)3-4-10(9)14-5-1-2-6-14/h3-4,7,11,15H,1-2,5-6H2,(H,16,17). The number of benzene rings is 1. The fourth-order valence-electron chi connectivity index (χ4n) is 2.05. The van der Waals surface area contributed by atoms with Crippen LogP contribution in [0.2, 0.25) is 0 Å². The number of carboxylic acids is 1. The molecule has 0 amide bonds. The maximum absolute atomic E-state index is 10.7. The second-order valence-corrected chi connectivity index (χ2v) is 5.00. The van der Waals surface area contributed by atoms with E-state index in [0.29, 0.717) is 5.56 Å². The van der Waals surface area contributed by atoms with E-state index in [4.69, 9.17) is 5.11 Å². The van der Waals surface area contributed by atoms with Crippen LogP contribution in [0.5, 0.6) is 0 Å². The summed E-state index contributed by atoms with van der Waals surface area (Å²) in [4.78, 5) is 12.9. The van der Waals surface area contributed by atoms with Gasteiger partial charge in [0.1, 0.15) is 0 Å². The predicted molar refractivity (Wildman–Crippen MR) is 68.2 cm³/mol. The van der Waals surface area contributed by atoms with E-state index in [2.05, 4.69) is 20.8 Å². The Morgan fingerprint density at radius 2 is 2.00 bits per heavy atom. The quantitative estimate of drug-likeness (QED) is 0.898. The van der Waals surface area contributed by atoms with E-state index in [0.717, 1.165) is 23.2 Å². The third-order valence-electron chi connectivity index (χ3n) is 2.97. The number of rotatable bonds is 3. The van der Waals surface area contributed by atoms with Crippen molar-refractivity contribution in [3.05, 3.63) is 28.2 Å². The summed E-state index contributed by atoms with van der Waals surface area (Å²) in [5.41, 5.74) is 1.45. The van der Waals surface area contributed by atoms with Gasteiger partial charge in [-0.2, -0.15) is 0 Å². The van der Waals surface area contributed by atoms with Gasteiger partial charge in [-0.15, -0.1) is 0 Å². The number of hydrogen-bond acceptors (Lipinski definition) is 3. The van der Waals surface area contributed by atoms with Crippen LogP contribution in [0.1, 0.15) is 24.5 Å². The lowest BCUT2D eigenvalue weighted by molar-refractivity contribution is -0.146. The molecule has 1 heterocycles. The number of halogens is 1. The Labute approximate surface area is 108 Å². The van der Waals surface area contributed by atoms with Crippen LogP contribution in [-0.2, 0) is 4.79 Å². The lowest BCUT2D eigenvalue weighted by atomic mass is 10.1. The summed E-state index contributed by atoms with van der Waals surface area (Å²) in [6.07, 6.45) is 0.914. The van der Waals surface area contributed by atoms with Crippen LogP contribution in [-0.4, -0.2) is 29.3 Å². The van der Waals surface area contributed by atoms with Crippen molar-refractivity contribution in [2.24, 2.45) is 0 Å². The molecule has 4 nitrogen and oxygen atoms in total. The second kappa shape index (κ2) is 5.06. The molecule has 0 saturated carbocycles. The molecule has 1 aromatic carbocycles. The Morgan fingerprint density at radius 3 is 2.53 bits per heavy atom. The molecule has 1 fully saturated rings. The zero-order valence-corrected chi connectivity index (χ0v) is 10.9. The van der Waals surface area contributed by atoms with Gasteiger partial charge in [-0.1, -0.05) is 6.07 Å². The van der Waals surface area contributed by atoms with Crippen molar-refractivity contribution in [3.63, 3.8) is 0 Å². The molecule has 2 rings (SSSR count). The van der Waals surface area contributed by atoms with E-state index in [-0.39, 0.29) is 0 Å². The van der Waals surface area contributed by atoms with Crippen LogP contribution in [0.15, 0.2) is 22.7 Å². The first kappa shape index (κ1) is 12.4. The third kappa shape index (κ3) is 2.61. The van der Waals surface area contributed by atoms with Crippen molar-refractivity contribution in [1.82, 2.24) is 0 Å². The molecule has 0 bridgehead atoms. The maximum Gasteiger partial charge on any atom is 0.337 e. The average molecular weight is 300 g/mol. The smallest absolute Gasteiger partial charge is 0.337 e. The van der Waals surface area contributed by atoms with Gasteiger partial charge in [0.25, 0.3) is 0 Å². The number of aliphatic hydroxyl groups is 1. The molecule has 92 valence electrons. The number of aliphatic carboxylic acids is 1. The van der Waals surface area contributed by atoms with E-state index in [9.17, 15) is 9.90 Å². The minimum absolute atomic E-state index is 0.396. The summed E-state index contributed by atoms with van der Waals surface area (Å²) in [6, 6.07) is 5.19. The molecule has 1 unspecified atom stereocenters. The molecular weight excluding hydrogens is 286 g/mol. The predicted octanol–water partition coefficient (Wildman–Crippen LogP) is 2.17. The van der Waals surface area contributed by atoms with E-state index >= 15 is 0 Å². The van der Waals surface area contributed by atoms with Crippen molar-refractivity contribution in [2.75, 3.05) is 18.0 Å². The van der Waals surface area contributed by atoms with Crippen molar-refractivity contribution < 1.29 is 15.0 Å². The van der Waals surface area contributed by atoms with Crippen LogP contribution in [0.25, 0.3) is 0 Å². The molecule has 0 aromatic heterocycles. The summed E-state index contributed by atoms with van der Waals surface area (Å²) in [6.45, 7) is 2.05. The molecule has 0 spiro atoms. The number of hydrogen-bond donors (Lipinski definition) is 2. The first-order valence-corrected chi connectivity index (χ1v) is 6.34.